The molecule has 8 heteroatoms. The maximum absolute atomic E-state index is 13.1. The zero-order valence-corrected chi connectivity index (χ0v) is 17.7. The number of piperazine rings is 1. The summed E-state index contributed by atoms with van der Waals surface area (Å²) in [6.45, 7) is 7.66. The van der Waals surface area contributed by atoms with Crippen molar-refractivity contribution in [1.29, 1.82) is 0 Å². The summed E-state index contributed by atoms with van der Waals surface area (Å²) >= 11 is 0. The molecule has 0 amide bonds. The van der Waals surface area contributed by atoms with Crippen LogP contribution in [0.5, 0.6) is 0 Å². The molecule has 1 aromatic carbocycles. The predicted octanol–water partition coefficient (Wildman–Crippen LogP) is 2.70. The van der Waals surface area contributed by atoms with Crippen molar-refractivity contribution in [3.8, 4) is 5.82 Å². The number of hydrogen-bond donors (Lipinski definition) is 0. The lowest BCUT2D eigenvalue weighted by molar-refractivity contribution is 0.383. The third kappa shape index (κ3) is 3.90. The van der Waals surface area contributed by atoms with Gasteiger partial charge in [-0.1, -0.05) is 12.1 Å². The van der Waals surface area contributed by atoms with Crippen molar-refractivity contribution >= 4 is 15.8 Å². The molecule has 0 aliphatic carbocycles. The molecule has 1 fully saturated rings. The maximum Gasteiger partial charge on any atom is 0.243 e. The quantitative estimate of drug-likeness (QED) is 0.660. The van der Waals surface area contributed by atoms with Crippen molar-refractivity contribution < 1.29 is 8.42 Å². The number of sulfonamides is 1. The molecular formula is C21H25N5O2S. The molecule has 3 heterocycles. The van der Waals surface area contributed by atoms with E-state index >= 15 is 0 Å². The largest absolute Gasteiger partial charge is 0.354 e. The van der Waals surface area contributed by atoms with Gasteiger partial charge in [-0.15, -0.1) is 0 Å². The van der Waals surface area contributed by atoms with E-state index in [1.54, 1.807) is 10.4 Å². The van der Waals surface area contributed by atoms with Crippen LogP contribution < -0.4 is 4.90 Å². The van der Waals surface area contributed by atoms with Gasteiger partial charge in [0.15, 0.2) is 0 Å². The van der Waals surface area contributed by atoms with E-state index in [1.807, 2.05) is 68.1 Å². The van der Waals surface area contributed by atoms with Crippen LogP contribution in [0.2, 0.25) is 0 Å². The van der Waals surface area contributed by atoms with E-state index in [0.29, 0.717) is 36.9 Å². The molecule has 3 aromatic rings. The van der Waals surface area contributed by atoms with Gasteiger partial charge in [-0.3, -0.25) is 0 Å². The Morgan fingerprint density at radius 1 is 0.862 bits per heavy atom. The number of anilines is 1. The van der Waals surface area contributed by atoms with E-state index in [1.165, 1.54) is 0 Å². The predicted molar refractivity (Wildman–Crippen MR) is 113 cm³/mol. The van der Waals surface area contributed by atoms with Gasteiger partial charge in [-0.25, -0.2) is 18.4 Å². The highest BCUT2D eigenvalue weighted by Gasteiger charge is 2.30. The Hall–Kier alpha value is -2.71. The molecular weight excluding hydrogens is 386 g/mol. The molecule has 2 aromatic heterocycles. The lowest BCUT2D eigenvalue weighted by Gasteiger charge is -2.35. The highest BCUT2D eigenvalue weighted by atomic mass is 32.2. The Bertz CT molecular complexity index is 1120. The molecule has 1 aliphatic rings. The second-order valence-corrected chi connectivity index (χ2v) is 9.29. The summed E-state index contributed by atoms with van der Waals surface area (Å²) in [5.74, 6) is 2.32. The fraction of sp³-hybridized carbons (Fsp3) is 0.333. The van der Waals surface area contributed by atoms with E-state index in [-0.39, 0.29) is 0 Å². The Morgan fingerprint density at radius 3 is 2.21 bits per heavy atom. The summed E-state index contributed by atoms with van der Waals surface area (Å²) < 4.78 is 29.8. The number of aryl methyl sites for hydroxylation is 3. The Kier molecular flexibility index (Phi) is 5.14. The van der Waals surface area contributed by atoms with Gasteiger partial charge in [-0.05, 0) is 50.1 Å². The van der Waals surface area contributed by atoms with Crippen LogP contribution in [0.15, 0.2) is 53.7 Å². The van der Waals surface area contributed by atoms with Crippen LogP contribution in [0, 0.1) is 20.8 Å². The third-order valence-corrected chi connectivity index (χ3v) is 7.24. The van der Waals surface area contributed by atoms with Gasteiger partial charge in [0.1, 0.15) is 17.5 Å². The third-order valence-electron chi connectivity index (χ3n) is 5.20. The standard InChI is InChI=1S/C21H25N5O2S/c1-16-6-7-17(2)19(14-16)29(27,28)26-12-10-25(11-13-26)21-15-20(22-18(3)23-21)24-8-4-5-9-24/h4-9,14-15H,10-13H2,1-3H3. The first kappa shape index (κ1) is 19.6. The molecule has 0 saturated carbocycles. The minimum absolute atomic E-state index is 0.402. The second kappa shape index (κ2) is 7.61. The van der Waals surface area contributed by atoms with E-state index in [4.69, 9.17) is 0 Å². The zero-order valence-electron chi connectivity index (χ0n) is 16.9. The minimum atomic E-state index is -3.50. The second-order valence-electron chi connectivity index (χ2n) is 7.38. The van der Waals surface area contributed by atoms with Crippen LogP contribution in [0.25, 0.3) is 5.82 Å². The van der Waals surface area contributed by atoms with Gasteiger partial charge in [0.25, 0.3) is 0 Å². The zero-order chi connectivity index (χ0) is 20.6. The van der Waals surface area contributed by atoms with Gasteiger partial charge < -0.3 is 9.47 Å². The molecule has 0 unspecified atom stereocenters. The van der Waals surface area contributed by atoms with Crippen LogP contribution >= 0.6 is 0 Å². The van der Waals surface area contributed by atoms with E-state index in [9.17, 15) is 8.42 Å². The van der Waals surface area contributed by atoms with Crippen molar-refractivity contribution in [1.82, 2.24) is 18.8 Å². The minimum Gasteiger partial charge on any atom is -0.354 e. The van der Waals surface area contributed by atoms with E-state index in [0.717, 1.165) is 22.8 Å². The van der Waals surface area contributed by atoms with Gasteiger partial charge in [-0.2, -0.15) is 4.31 Å². The molecule has 0 spiro atoms. The molecule has 7 nitrogen and oxygen atoms in total. The Morgan fingerprint density at radius 2 is 1.52 bits per heavy atom. The topological polar surface area (TPSA) is 71.3 Å². The lowest BCUT2D eigenvalue weighted by Crippen LogP contribution is -2.49. The Labute approximate surface area is 171 Å². The molecule has 0 bridgehead atoms. The first-order valence-electron chi connectivity index (χ1n) is 9.66. The Balaban J connectivity index is 1.53. The van der Waals surface area contributed by atoms with Gasteiger partial charge >= 0.3 is 0 Å². The SMILES string of the molecule is Cc1ccc(C)c(S(=O)(=O)N2CCN(c3cc(-n4cccc4)nc(C)n3)CC2)c1. The fourth-order valence-electron chi connectivity index (χ4n) is 3.60. The summed E-state index contributed by atoms with van der Waals surface area (Å²) in [7, 11) is -3.50. The number of aromatic nitrogens is 3. The average Bonchev–Trinajstić information content (AvgIpc) is 3.24. The van der Waals surface area contributed by atoms with Crippen molar-refractivity contribution in [2.75, 3.05) is 31.1 Å². The molecule has 1 aliphatic heterocycles. The molecule has 1 saturated heterocycles. The van der Waals surface area contributed by atoms with Crippen molar-refractivity contribution in [3.05, 3.63) is 65.7 Å². The molecule has 0 radical (unpaired) electrons. The normalized spacial score (nSPS) is 15.6. The lowest BCUT2D eigenvalue weighted by atomic mass is 10.2. The first-order valence-corrected chi connectivity index (χ1v) is 11.1. The maximum atomic E-state index is 13.1. The molecule has 152 valence electrons. The van der Waals surface area contributed by atoms with Gasteiger partial charge in [0.2, 0.25) is 10.0 Å². The molecule has 0 N–H and O–H groups in total. The molecule has 0 atom stereocenters. The van der Waals surface area contributed by atoms with Crippen LogP contribution in [0.4, 0.5) is 5.82 Å². The number of hydrogen-bond acceptors (Lipinski definition) is 5. The van der Waals surface area contributed by atoms with Crippen molar-refractivity contribution in [2.24, 2.45) is 0 Å². The van der Waals surface area contributed by atoms with Crippen LogP contribution in [-0.4, -0.2) is 53.4 Å². The first-order chi connectivity index (χ1) is 13.8. The van der Waals surface area contributed by atoms with Crippen molar-refractivity contribution in [3.63, 3.8) is 0 Å². The monoisotopic (exact) mass is 411 g/mol. The highest BCUT2D eigenvalue weighted by molar-refractivity contribution is 7.89. The van der Waals surface area contributed by atoms with Crippen LogP contribution in [0.3, 0.4) is 0 Å². The fourth-order valence-corrected chi connectivity index (χ4v) is 5.33. The summed E-state index contributed by atoms with van der Waals surface area (Å²) in [6, 6.07) is 11.4. The summed E-state index contributed by atoms with van der Waals surface area (Å²) in [6.07, 6.45) is 3.89. The molecule has 29 heavy (non-hydrogen) atoms. The van der Waals surface area contributed by atoms with E-state index < -0.39 is 10.0 Å². The summed E-state index contributed by atoms with van der Waals surface area (Å²) in [4.78, 5) is 11.6. The summed E-state index contributed by atoms with van der Waals surface area (Å²) in [5.41, 5.74) is 1.72. The van der Waals surface area contributed by atoms with Gasteiger partial charge in [0.05, 0.1) is 4.90 Å². The van der Waals surface area contributed by atoms with Gasteiger partial charge in [0, 0.05) is 44.6 Å². The summed E-state index contributed by atoms with van der Waals surface area (Å²) in [5, 5.41) is 0. The van der Waals surface area contributed by atoms with E-state index in [2.05, 4.69) is 14.9 Å². The van der Waals surface area contributed by atoms with Crippen molar-refractivity contribution in [2.45, 2.75) is 25.7 Å². The van der Waals surface area contributed by atoms with Crippen LogP contribution in [0.1, 0.15) is 17.0 Å². The smallest absolute Gasteiger partial charge is 0.243 e. The molecule has 4 rings (SSSR count). The number of rotatable bonds is 4. The number of nitrogens with zero attached hydrogens (tertiary/aromatic N) is 5. The van der Waals surface area contributed by atoms with Crippen LogP contribution in [-0.2, 0) is 10.0 Å². The number of benzene rings is 1. The highest BCUT2D eigenvalue weighted by Crippen LogP contribution is 2.24. The average molecular weight is 412 g/mol.